The molecule has 4 fully saturated rings. The number of rotatable bonds is 6. The monoisotopic (exact) mass is 418 g/mol. The summed E-state index contributed by atoms with van der Waals surface area (Å²) in [6.07, 6.45) is 5.84. The highest BCUT2D eigenvalue weighted by Gasteiger charge is 2.51. The Balaban J connectivity index is 1.24. The quantitative estimate of drug-likeness (QED) is 0.719. The Labute approximate surface area is 175 Å². The molecule has 1 aromatic carbocycles. The minimum Gasteiger partial charge on any atom is -0.455 e. The smallest absolute Gasteiger partial charge is 0.310 e. The van der Waals surface area contributed by atoms with Crippen LogP contribution in [0.4, 0.5) is 5.69 Å². The van der Waals surface area contributed by atoms with E-state index in [0.29, 0.717) is 22.5 Å². The maximum atomic E-state index is 12.7. The predicted octanol–water partition coefficient (Wildman–Crippen LogP) is 3.35. The second-order valence-corrected chi connectivity index (χ2v) is 9.25. The van der Waals surface area contributed by atoms with Gasteiger partial charge in [0.25, 0.3) is 5.91 Å². The molecule has 4 saturated carbocycles. The molecular weight excluding hydrogens is 392 g/mol. The summed E-state index contributed by atoms with van der Waals surface area (Å²) in [7, 11) is 1.52. The molecule has 4 aliphatic rings. The average Bonchev–Trinajstić information content (AvgIpc) is 2.67. The highest BCUT2D eigenvalue weighted by molar-refractivity contribution is 6.33. The molecule has 1 N–H and O–H groups in total. The number of anilines is 1. The van der Waals surface area contributed by atoms with E-state index in [4.69, 9.17) is 16.3 Å². The number of ether oxygens (including phenoxy) is 1. The molecule has 0 spiro atoms. The van der Waals surface area contributed by atoms with Gasteiger partial charge in [0.15, 0.2) is 6.61 Å². The molecule has 7 heteroatoms. The van der Waals surface area contributed by atoms with E-state index in [0.717, 1.165) is 37.5 Å². The van der Waals surface area contributed by atoms with Gasteiger partial charge in [0.05, 0.1) is 23.2 Å². The van der Waals surface area contributed by atoms with Crippen molar-refractivity contribution < 1.29 is 19.1 Å². The fourth-order valence-electron chi connectivity index (χ4n) is 5.71. The van der Waals surface area contributed by atoms with Gasteiger partial charge in [-0.25, -0.2) is 0 Å². The molecule has 0 aliphatic heterocycles. The van der Waals surface area contributed by atoms with Crippen molar-refractivity contribution in [3.8, 4) is 0 Å². The summed E-state index contributed by atoms with van der Waals surface area (Å²) >= 11 is 6.02. The maximum absolute atomic E-state index is 12.7. The first-order valence-corrected chi connectivity index (χ1v) is 10.7. The van der Waals surface area contributed by atoms with Gasteiger partial charge < -0.3 is 15.0 Å². The Hall–Kier alpha value is -2.08. The summed E-state index contributed by atoms with van der Waals surface area (Å²) < 4.78 is 5.39. The lowest BCUT2D eigenvalue weighted by molar-refractivity contribution is -0.166. The van der Waals surface area contributed by atoms with E-state index in [9.17, 15) is 14.4 Å². The van der Waals surface area contributed by atoms with E-state index >= 15 is 0 Å². The number of esters is 1. The normalized spacial score (nSPS) is 29.4. The largest absolute Gasteiger partial charge is 0.455 e. The first-order valence-electron chi connectivity index (χ1n) is 10.4. The van der Waals surface area contributed by atoms with E-state index < -0.39 is 5.91 Å². The van der Waals surface area contributed by atoms with Crippen molar-refractivity contribution in [3.63, 3.8) is 0 Å². The van der Waals surface area contributed by atoms with Gasteiger partial charge in [0.2, 0.25) is 5.91 Å². The Morgan fingerprint density at radius 3 is 2.31 bits per heavy atom. The van der Waals surface area contributed by atoms with Gasteiger partial charge in [0.1, 0.15) is 0 Å². The van der Waals surface area contributed by atoms with Gasteiger partial charge in [0, 0.05) is 7.05 Å². The van der Waals surface area contributed by atoms with Crippen LogP contribution in [0.1, 0.15) is 32.1 Å². The molecule has 0 heterocycles. The Morgan fingerprint density at radius 1 is 1.07 bits per heavy atom. The highest BCUT2D eigenvalue weighted by Crippen LogP contribution is 2.56. The van der Waals surface area contributed by atoms with Crippen LogP contribution in [0, 0.1) is 29.6 Å². The van der Waals surface area contributed by atoms with Crippen molar-refractivity contribution in [1.82, 2.24) is 4.90 Å². The molecule has 0 atom stereocenters. The molecular formula is C22H27ClN2O4. The SMILES string of the molecule is CN(CC(=O)Nc1ccccc1Cl)C(=O)COC(=O)C1C2CC3CC(C2)CC1C3. The van der Waals surface area contributed by atoms with Crippen LogP contribution in [0.3, 0.4) is 0 Å². The lowest BCUT2D eigenvalue weighted by atomic mass is 9.52. The van der Waals surface area contributed by atoms with Crippen LogP contribution >= 0.6 is 11.6 Å². The lowest BCUT2D eigenvalue weighted by Gasteiger charge is -2.53. The van der Waals surface area contributed by atoms with Crippen molar-refractivity contribution in [3.05, 3.63) is 29.3 Å². The molecule has 1 aromatic rings. The number of hydrogen-bond acceptors (Lipinski definition) is 4. The van der Waals surface area contributed by atoms with Crippen molar-refractivity contribution >= 4 is 35.1 Å². The second-order valence-electron chi connectivity index (χ2n) is 8.84. The zero-order chi connectivity index (χ0) is 20.5. The molecule has 4 aliphatic carbocycles. The number of para-hydroxylation sites is 1. The average molecular weight is 419 g/mol. The van der Waals surface area contributed by atoms with Gasteiger partial charge in [-0.1, -0.05) is 23.7 Å². The number of carbonyl (C=O) groups excluding carboxylic acids is 3. The summed E-state index contributed by atoms with van der Waals surface area (Å²) in [5.74, 6) is 1.38. The molecule has 0 unspecified atom stereocenters. The number of carbonyl (C=O) groups is 3. The molecule has 2 amide bonds. The summed E-state index contributed by atoms with van der Waals surface area (Å²) in [5, 5.41) is 3.11. The number of halogens is 1. The van der Waals surface area contributed by atoms with Crippen molar-refractivity contribution in [1.29, 1.82) is 0 Å². The molecule has 6 nitrogen and oxygen atoms in total. The maximum Gasteiger partial charge on any atom is 0.310 e. The van der Waals surface area contributed by atoms with Gasteiger partial charge >= 0.3 is 5.97 Å². The number of nitrogens with one attached hydrogen (secondary N) is 1. The minimum absolute atomic E-state index is 0.0515. The molecule has 29 heavy (non-hydrogen) atoms. The van der Waals surface area contributed by atoms with Gasteiger partial charge in [-0.05, 0) is 67.9 Å². The minimum atomic E-state index is -0.392. The van der Waals surface area contributed by atoms with E-state index in [1.165, 1.54) is 18.4 Å². The van der Waals surface area contributed by atoms with Crippen molar-refractivity contribution in [2.75, 3.05) is 25.5 Å². The van der Waals surface area contributed by atoms with Crippen LogP contribution < -0.4 is 5.32 Å². The molecule has 4 bridgehead atoms. The Kier molecular flexibility index (Phi) is 5.81. The predicted molar refractivity (Wildman–Crippen MR) is 109 cm³/mol. The van der Waals surface area contributed by atoms with Gasteiger partial charge in [-0.3, -0.25) is 14.4 Å². The number of likely N-dealkylation sites (N-methyl/N-ethyl adjacent to an activating group) is 1. The molecule has 156 valence electrons. The molecule has 5 rings (SSSR count). The number of benzene rings is 1. The van der Waals surface area contributed by atoms with E-state index in [1.54, 1.807) is 24.3 Å². The highest BCUT2D eigenvalue weighted by atomic mass is 35.5. The summed E-state index contributed by atoms with van der Waals surface area (Å²) in [6.45, 7) is -0.461. The summed E-state index contributed by atoms with van der Waals surface area (Å²) in [6, 6.07) is 6.90. The van der Waals surface area contributed by atoms with E-state index in [2.05, 4.69) is 5.32 Å². The molecule has 0 radical (unpaired) electrons. The fraction of sp³-hybridized carbons (Fsp3) is 0.591. The number of amides is 2. The first kappa shape index (κ1) is 20.2. The fourth-order valence-corrected chi connectivity index (χ4v) is 5.89. The zero-order valence-corrected chi connectivity index (χ0v) is 17.4. The van der Waals surface area contributed by atoms with Crippen LogP contribution in [-0.2, 0) is 19.1 Å². The Bertz CT molecular complexity index is 784. The lowest BCUT2D eigenvalue weighted by Crippen LogP contribution is -2.49. The van der Waals surface area contributed by atoms with Crippen LogP contribution in [0.25, 0.3) is 0 Å². The molecule has 0 aromatic heterocycles. The van der Waals surface area contributed by atoms with Crippen molar-refractivity contribution in [2.24, 2.45) is 29.6 Å². The second kappa shape index (κ2) is 8.34. The standard InChI is InChI=1S/C22H27ClN2O4/c1-25(11-19(26)24-18-5-3-2-4-17(18)23)20(27)12-29-22(28)21-15-7-13-6-14(9-15)10-16(21)8-13/h2-5,13-16,21H,6-12H2,1H3,(H,24,26). The number of nitrogens with zero attached hydrogens (tertiary/aromatic N) is 1. The van der Waals surface area contributed by atoms with Crippen molar-refractivity contribution in [2.45, 2.75) is 32.1 Å². The summed E-state index contributed by atoms with van der Waals surface area (Å²) in [4.78, 5) is 38.4. The van der Waals surface area contributed by atoms with E-state index in [-0.39, 0.29) is 30.9 Å². The van der Waals surface area contributed by atoms with Gasteiger partial charge in [-0.15, -0.1) is 0 Å². The molecule has 0 saturated heterocycles. The van der Waals surface area contributed by atoms with Crippen LogP contribution in [0.5, 0.6) is 0 Å². The zero-order valence-electron chi connectivity index (χ0n) is 16.6. The van der Waals surface area contributed by atoms with Gasteiger partial charge in [-0.2, -0.15) is 0 Å². The van der Waals surface area contributed by atoms with Crippen LogP contribution in [-0.4, -0.2) is 42.9 Å². The Morgan fingerprint density at radius 2 is 1.69 bits per heavy atom. The third kappa shape index (κ3) is 4.42. The van der Waals surface area contributed by atoms with E-state index in [1.807, 2.05) is 0 Å². The number of hydrogen-bond donors (Lipinski definition) is 1. The third-order valence-corrected chi connectivity index (χ3v) is 7.12. The third-order valence-electron chi connectivity index (χ3n) is 6.79. The topological polar surface area (TPSA) is 75.7 Å². The van der Waals surface area contributed by atoms with Crippen LogP contribution in [0.15, 0.2) is 24.3 Å². The first-order chi connectivity index (χ1) is 13.9. The van der Waals surface area contributed by atoms with Crippen LogP contribution in [0.2, 0.25) is 5.02 Å². The summed E-state index contributed by atoms with van der Waals surface area (Å²) in [5.41, 5.74) is 0.494.